The third-order valence-corrected chi connectivity index (χ3v) is 4.04. The Balaban J connectivity index is 1.83. The lowest BCUT2D eigenvalue weighted by Crippen LogP contribution is -2.56. The Morgan fingerprint density at radius 2 is 1.44 bits per heavy atom. The Morgan fingerprint density at radius 3 is 2.11 bits per heavy atom. The summed E-state index contributed by atoms with van der Waals surface area (Å²) in [6.07, 6.45) is -0.907. The summed E-state index contributed by atoms with van der Waals surface area (Å²) in [6.45, 7) is 7.59. The zero-order valence-electron chi connectivity index (χ0n) is 11.0. The standard InChI is InChI=1S/C12H19BrO5/c1-11(2)15-6(5-13)7-8(16-11)9-10(14-7)18-12(3,4)17-9/h6-10H,5H2,1-4H3/t6-,7?,8?,9?,10?/m1/s1. The third kappa shape index (κ3) is 2.13. The summed E-state index contributed by atoms with van der Waals surface area (Å²) in [7, 11) is 0. The molecule has 18 heavy (non-hydrogen) atoms. The molecule has 0 saturated carbocycles. The van der Waals surface area contributed by atoms with E-state index in [1.807, 2.05) is 27.7 Å². The largest absolute Gasteiger partial charge is 0.344 e. The predicted molar refractivity (Wildman–Crippen MR) is 66.3 cm³/mol. The van der Waals surface area contributed by atoms with Crippen molar-refractivity contribution in [2.45, 2.75) is 70.0 Å². The number of halogens is 1. The molecule has 0 aromatic rings. The van der Waals surface area contributed by atoms with E-state index in [1.165, 1.54) is 0 Å². The van der Waals surface area contributed by atoms with Crippen LogP contribution < -0.4 is 0 Å². The molecule has 3 rings (SSSR count). The van der Waals surface area contributed by atoms with Gasteiger partial charge in [0.1, 0.15) is 18.3 Å². The molecular weight excluding hydrogens is 304 g/mol. The first kappa shape index (κ1) is 13.3. The minimum absolute atomic E-state index is 0.0559. The summed E-state index contributed by atoms with van der Waals surface area (Å²) in [4.78, 5) is 0. The molecule has 0 spiro atoms. The van der Waals surface area contributed by atoms with Crippen LogP contribution in [0.4, 0.5) is 0 Å². The molecule has 0 bridgehead atoms. The molecule has 0 amide bonds. The van der Waals surface area contributed by atoms with Crippen molar-refractivity contribution in [1.29, 1.82) is 0 Å². The number of alkyl halides is 1. The van der Waals surface area contributed by atoms with E-state index in [2.05, 4.69) is 15.9 Å². The molecule has 0 radical (unpaired) electrons. The lowest BCUT2D eigenvalue weighted by Gasteiger charge is -2.43. The Labute approximate surface area is 115 Å². The summed E-state index contributed by atoms with van der Waals surface area (Å²) >= 11 is 3.46. The quantitative estimate of drug-likeness (QED) is 0.689. The van der Waals surface area contributed by atoms with Crippen LogP contribution >= 0.6 is 15.9 Å². The van der Waals surface area contributed by atoms with Crippen molar-refractivity contribution in [3.63, 3.8) is 0 Å². The molecule has 3 aliphatic heterocycles. The van der Waals surface area contributed by atoms with Crippen LogP contribution in [0.1, 0.15) is 27.7 Å². The molecule has 6 heteroatoms. The van der Waals surface area contributed by atoms with Gasteiger partial charge in [0.2, 0.25) is 0 Å². The Bertz CT molecular complexity index is 345. The van der Waals surface area contributed by atoms with Gasteiger partial charge in [0.25, 0.3) is 0 Å². The van der Waals surface area contributed by atoms with Gasteiger partial charge < -0.3 is 23.7 Å². The second kappa shape index (κ2) is 4.14. The zero-order valence-corrected chi connectivity index (χ0v) is 12.6. The van der Waals surface area contributed by atoms with Crippen LogP contribution in [0, 0.1) is 0 Å². The topological polar surface area (TPSA) is 46.2 Å². The normalized spacial score (nSPS) is 48.8. The van der Waals surface area contributed by atoms with Gasteiger partial charge in [-0.25, -0.2) is 0 Å². The predicted octanol–water partition coefficient (Wildman–Crippen LogP) is 1.78. The molecule has 0 N–H and O–H groups in total. The van der Waals surface area contributed by atoms with E-state index in [9.17, 15) is 0 Å². The number of hydrogen-bond donors (Lipinski definition) is 0. The van der Waals surface area contributed by atoms with Crippen LogP contribution in [-0.2, 0) is 23.7 Å². The van der Waals surface area contributed by atoms with Crippen LogP contribution in [0.15, 0.2) is 0 Å². The summed E-state index contributed by atoms with van der Waals surface area (Å²) in [5.41, 5.74) is 0. The second-order valence-corrected chi connectivity index (χ2v) is 6.51. The first-order chi connectivity index (χ1) is 8.31. The summed E-state index contributed by atoms with van der Waals surface area (Å²) < 4.78 is 29.3. The molecule has 3 saturated heterocycles. The van der Waals surface area contributed by atoms with E-state index in [0.29, 0.717) is 5.33 Å². The monoisotopic (exact) mass is 322 g/mol. The number of fused-ring (bicyclic) bond motifs is 3. The van der Waals surface area contributed by atoms with Gasteiger partial charge in [-0.2, -0.15) is 0 Å². The van der Waals surface area contributed by atoms with Crippen LogP contribution in [0.3, 0.4) is 0 Å². The van der Waals surface area contributed by atoms with E-state index in [4.69, 9.17) is 23.7 Å². The van der Waals surface area contributed by atoms with Crippen LogP contribution in [0.25, 0.3) is 0 Å². The van der Waals surface area contributed by atoms with E-state index < -0.39 is 11.6 Å². The van der Waals surface area contributed by atoms with E-state index in [1.54, 1.807) is 0 Å². The molecule has 5 atom stereocenters. The number of rotatable bonds is 1. The fraction of sp³-hybridized carbons (Fsp3) is 1.00. The minimum atomic E-state index is -0.631. The molecule has 0 aromatic heterocycles. The molecule has 4 unspecified atom stereocenters. The Hall–Kier alpha value is 0.280. The maximum atomic E-state index is 5.96. The lowest BCUT2D eigenvalue weighted by molar-refractivity contribution is -0.339. The lowest BCUT2D eigenvalue weighted by atomic mass is 10.0. The van der Waals surface area contributed by atoms with Crippen molar-refractivity contribution in [2.75, 3.05) is 5.33 Å². The van der Waals surface area contributed by atoms with E-state index >= 15 is 0 Å². The van der Waals surface area contributed by atoms with Crippen molar-refractivity contribution in [3.8, 4) is 0 Å². The highest BCUT2D eigenvalue weighted by Crippen LogP contribution is 2.44. The number of ether oxygens (including phenoxy) is 5. The van der Waals surface area contributed by atoms with E-state index in [-0.39, 0.29) is 30.7 Å². The first-order valence-electron chi connectivity index (χ1n) is 6.24. The van der Waals surface area contributed by atoms with Gasteiger partial charge in [-0.1, -0.05) is 15.9 Å². The SMILES string of the molecule is CC1(C)OC2OC3C(OC(C)(C)O[C@@H]3CBr)C2O1. The number of hydrogen-bond acceptors (Lipinski definition) is 5. The fourth-order valence-corrected chi connectivity index (χ4v) is 3.34. The van der Waals surface area contributed by atoms with Gasteiger partial charge in [0, 0.05) is 5.33 Å². The van der Waals surface area contributed by atoms with Crippen molar-refractivity contribution >= 4 is 15.9 Å². The Morgan fingerprint density at radius 1 is 0.833 bits per heavy atom. The van der Waals surface area contributed by atoms with Crippen LogP contribution in [0.2, 0.25) is 0 Å². The third-order valence-electron chi connectivity index (χ3n) is 3.40. The molecule has 0 aliphatic carbocycles. The van der Waals surface area contributed by atoms with Gasteiger partial charge in [-0.05, 0) is 27.7 Å². The molecule has 0 aromatic carbocycles. The molecule has 104 valence electrons. The first-order valence-corrected chi connectivity index (χ1v) is 7.36. The fourth-order valence-electron chi connectivity index (χ4n) is 2.84. The van der Waals surface area contributed by atoms with Crippen LogP contribution in [-0.4, -0.2) is 47.6 Å². The highest BCUT2D eigenvalue weighted by molar-refractivity contribution is 9.09. The highest BCUT2D eigenvalue weighted by atomic mass is 79.9. The van der Waals surface area contributed by atoms with Crippen molar-refractivity contribution in [1.82, 2.24) is 0 Å². The maximum absolute atomic E-state index is 5.96. The van der Waals surface area contributed by atoms with Crippen molar-refractivity contribution < 1.29 is 23.7 Å². The van der Waals surface area contributed by atoms with Crippen molar-refractivity contribution in [2.24, 2.45) is 0 Å². The van der Waals surface area contributed by atoms with Gasteiger partial charge >= 0.3 is 0 Å². The van der Waals surface area contributed by atoms with Gasteiger partial charge in [-0.15, -0.1) is 0 Å². The highest BCUT2D eigenvalue weighted by Gasteiger charge is 2.60. The molecule has 5 nitrogen and oxygen atoms in total. The summed E-state index contributed by atoms with van der Waals surface area (Å²) in [5, 5.41) is 0.698. The smallest absolute Gasteiger partial charge is 0.190 e. The van der Waals surface area contributed by atoms with Crippen LogP contribution in [0.5, 0.6) is 0 Å². The second-order valence-electron chi connectivity index (χ2n) is 5.86. The summed E-state index contributed by atoms with van der Waals surface area (Å²) in [5.74, 6) is -1.25. The van der Waals surface area contributed by atoms with E-state index in [0.717, 1.165) is 0 Å². The zero-order chi connectivity index (χ0) is 13.1. The van der Waals surface area contributed by atoms with Gasteiger partial charge in [-0.3, -0.25) is 0 Å². The molecule has 3 aliphatic rings. The molecule has 3 heterocycles. The Kier molecular flexibility index (Phi) is 3.05. The maximum Gasteiger partial charge on any atom is 0.190 e. The molecule has 3 fully saturated rings. The van der Waals surface area contributed by atoms with Gasteiger partial charge in [0.15, 0.2) is 17.9 Å². The average Bonchev–Trinajstić information content (AvgIpc) is 2.69. The molecular formula is C12H19BrO5. The van der Waals surface area contributed by atoms with Gasteiger partial charge in [0.05, 0.1) is 6.10 Å². The van der Waals surface area contributed by atoms with Crippen molar-refractivity contribution in [3.05, 3.63) is 0 Å². The average molecular weight is 323 g/mol. The summed E-state index contributed by atoms with van der Waals surface area (Å²) in [6, 6.07) is 0. The minimum Gasteiger partial charge on any atom is -0.344 e.